The summed E-state index contributed by atoms with van der Waals surface area (Å²) >= 11 is 0. The quantitative estimate of drug-likeness (QED) is 0.535. The van der Waals surface area contributed by atoms with Crippen molar-refractivity contribution >= 4 is 23.7 Å². The van der Waals surface area contributed by atoms with E-state index in [9.17, 15) is 0 Å². The van der Waals surface area contributed by atoms with Crippen LogP contribution in [0.5, 0.6) is 0 Å². The highest BCUT2D eigenvalue weighted by Gasteiger charge is 2.33. The lowest BCUT2D eigenvalue weighted by molar-refractivity contribution is 0.665. The summed E-state index contributed by atoms with van der Waals surface area (Å²) in [7, 11) is 0. The highest BCUT2D eigenvalue weighted by molar-refractivity contribution is 6.51. The standard InChI is InChI=1S/C7H9N5/c1-4-11-6-5(9-3-10-6)7(2,8)12-4/h3H,8H2,1-2H3. The molecule has 1 unspecified atom stereocenters. The lowest BCUT2D eigenvalue weighted by Gasteiger charge is -2.23. The molecule has 0 saturated heterocycles. The van der Waals surface area contributed by atoms with Crippen molar-refractivity contribution in [2.75, 3.05) is 0 Å². The Labute approximate surface area is 69.8 Å². The van der Waals surface area contributed by atoms with E-state index >= 15 is 0 Å². The number of nitrogens with zero attached hydrogens (tertiary/aromatic N) is 4. The molecule has 2 N–H and O–H groups in total. The second kappa shape index (κ2) is 2.07. The van der Waals surface area contributed by atoms with Crippen LogP contribution in [0.25, 0.3) is 0 Å². The Morgan fingerprint density at radius 1 is 1.50 bits per heavy atom. The van der Waals surface area contributed by atoms with Crippen LogP contribution in [0.15, 0.2) is 20.0 Å². The minimum Gasteiger partial charge on any atom is -0.302 e. The molecule has 1 atom stereocenters. The molecule has 0 amide bonds. The van der Waals surface area contributed by atoms with E-state index in [1.165, 1.54) is 6.34 Å². The van der Waals surface area contributed by atoms with E-state index in [1.807, 2.05) is 0 Å². The Hall–Kier alpha value is -1.36. The van der Waals surface area contributed by atoms with Crippen LogP contribution in [0.3, 0.4) is 0 Å². The molecule has 2 heterocycles. The fourth-order valence-corrected chi connectivity index (χ4v) is 1.27. The van der Waals surface area contributed by atoms with Crippen molar-refractivity contribution in [3.8, 4) is 0 Å². The van der Waals surface area contributed by atoms with Crippen LogP contribution in [0, 0.1) is 0 Å². The van der Waals surface area contributed by atoms with Crippen molar-refractivity contribution in [1.82, 2.24) is 0 Å². The van der Waals surface area contributed by atoms with E-state index < -0.39 is 5.66 Å². The van der Waals surface area contributed by atoms with Crippen LogP contribution < -0.4 is 5.73 Å². The van der Waals surface area contributed by atoms with Gasteiger partial charge in [-0.2, -0.15) is 0 Å². The number of fused-ring (bicyclic) bond motifs is 1. The summed E-state index contributed by atoms with van der Waals surface area (Å²) in [6, 6.07) is 0. The Kier molecular flexibility index (Phi) is 1.26. The molecule has 5 nitrogen and oxygen atoms in total. The number of rotatable bonds is 0. The van der Waals surface area contributed by atoms with Gasteiger partial charge in [-0.05, 0) is 13.8 Å². The van der Waals surface area contributed by atoms with Crippen LogP contribution in [-0.4, -0.2) is 29.4 Å². The van der Waals surface area contributed by atoms with Crippen LogP contribution in [-0.2, 0) is 0 Å². The van der Waals surface area contributed by atoms with Crippen LogP contribution in [0.2, 0.25) is 0 Å². The van der Waals surface area contributed by atoms with Gasteiger partial charge in [0.2, 0.25) is 0 Å². The average Bonchev–Trinajstić information content (AvgIpc) is 2.32. The third kappa shape index (κ3) is 0.902. The first kappa shape index (κ1) is 7.30. The maximum absolute atomic E-state index is 5.87. The topological polar surface area (TPSA) is 75.5 Å². The molecule has 2 aliphatic heterocycles. The smallest absolute Gasteiger partial charge is 0.181 e. The molecule has 12 heavy (non-hydrogen) atoms. The zero-order valence-electron chi connectivity index (χ0n) is 6.94. The van der Waals surface area contributed by atoms with Crippen molar-refractivity contribution in [3.05, 3.63) is 0 Å². The zero-order valence-corrected chi connectivity index (χ0v) is 6.94. The van der Waals surface area contributed by atoms with Crippen molar-refractivity contribution < 1.29 is 0 Å². The van der Waals surface area contributed by atoms with Crippen molar-refractivity contribution in [2.24, 2.45) is 25.7 Å². The van der Waals surface area contributed by atoms with Gasteiger partial charge >= 0.3 is 0 Å². The summed E-state index contributed by atoms with van der Waals surface area (Å²) in [5.74, 6) is 1.24. The number of nitrogens with two attached hydrogens (primary N) is 1. The van der Waals surface area contributed by atoms with Crippen LogP contribution in [0.4, 0.5) is 0 Å². The molecule has 0 aliphatic carbocycles. The molecule has 0 spiro atoms. The molecular formula is C7H9N5. The number of hydrogen-bond donors (Lipinski definition) is 1. The lowest BCUT2D eigenvalue weighted by Crippen LogP contribution is -2.48. The lowest BCUT2D eigenvalue weighted by atomic mass is 10.1. The van der Waals surface area contributed by atoms with Crippen molar-refractivity contribution in [2.45, 2.75) is 19.5 Å². The van der Waals surface area contributed by atoms with E-state index in [-0.39, 0.29) is 0 Å². The first-order chi connectivity index (χ1) is 5.59. The predicted octanol–water partition coefficient (Wildman–Crippen LogP) is -0.0253. The zero-order chi connectivity index (χ0) is 8.77. The molecule has 62 valence electrons. The first-order valence-electron chi connectivity index (χ1n) is 3.65. The fraction of sp³-hybridized carbons (Fsp3) is 0.429. The molecule has 0 radical (unpaired) electrons. The molecule has 0 bridgehead atoms. The first-order valence-corrected chi connectivity index (χ1v) is 3.65. The van der Waals surface area contributed by atoms with Gasteiger partial charge in [-0.25, -0.2) is 20.0 Å². The van der Waals surface area contributed by atoms with Gasteiger partial charge in [-0.15, -0.1) is 0 Å². The maximum Gasteiger partial charge on any atom is 0.181 e. The van der Waals surface area contributed by atoms with E-state index in [1.54, 1.807) is 13.8 Å². The minimum absolute atomic E-state index is 0.590. The van der Waals surface area contributed by atoms with Crippen molar-refractivity contribution in [3.63, 3.8) is 0 Å². The van der Waals surface area contributed by atoms with E-state index in [0.717, 1.165) is 0 Å². The highest BCUT2D eigenvalue weighted by atomic mass is 15.2. The third-order valence-corrected chi connectivity index (χ3v) is 1.72. The van der Waals surface area contributed by atoms with Gasteiger partial charge in [0, 0.05) is 0 Å². The number of amidine groups is 2. The van der Waals surface area contributed by atoms with Gasteiger partial charge in [-0.1, -0.05) is 0 Å². The minimum atomic E-state index is -0.766. The Bertz CT molecular complexity index is 345. The Balaban J connectivity index is 2.54. The van der Waals surface area contributed by atoms with Gasteiger partial charge in [0.25, 0.3) is 0 Å². The number of hydrogen-bond acceptors (Lipinski definition) is 5. The molecule has 0 aromatic heterocycles. The molecule has 0 saturated carbocycles. The summed E-state index contributed by atoms with van der Waals surface area (Å²) in [4.78, 5) is 16.2. The summed E-state index contributed by atoms with van der Waals surface area (Å²) < 4.78 is 0. The second-order valence-corrected chi connectivity index (χ2v) is 2.96. The van der Waals surface area contributed by atoms with E-state index in [0.29, 0.717) is 17.4 Å². The molecule has 0 fully saturated rings. The third-order valence-electron chi connectivity index (χ3n) is 1.72. The molecule has 2 rings (SSSR count). The summed E-state index contributed by atoms with van der Waals surface area (Å²) in [5, 5.41) is 0. The van der Waals surface area contributed by atoms with Crippen molar-refractivity contribution in [1.29, 1.82) is 0 Å². The van der Waals surface area contributed by atoms with E-state index in [4.69, 9.17) is 5.73 Å². The monoisotopic (exact) mass is 163 g/mol. The summed E-state index contributed by atoms with van der Waals surface area (Å²) in [5.41, 5.74) is 5.75. The van der Waals surface area contributed by atoms with Gasteiger partial charge in [0.15, 0.2) is 11.5 Å². The Morgan fingerprint density at radius 2 is 2.25 bits per heavy atom. The molecule has 5 heteroatoms. The molecule has 2 aliphatic rings. The molecular weight excluding hydrogens is 154 g/mol. The average molecular weight is 163 g/mol. The maximum atomic E-state index is 5.87. The van der Waals surface area contributed by atoms with E-state index in [2.05, 4.69) is 20.0 Å². The highest BCUT2D eigenvalue weighted by Crippen LogP contribution is 2.15. The molecule has 0 aromatic rings. The molecule has 0 aromatic carbocycles. The van der Waals surface area contributed by atoms with Crippen LogP contribution in [0.1, 0.15) is 13.8 Å². The number of aliphatic imine (C=N–C) groups is 4. The largest absolute Gasteiger partial charge is 0.302 e. The van der Waals surface area contributed by atoms with Gasteiger partial charge < -0.3 is 5.73 Å². The fourth-order valence-electron chi connectivity index (χ4n) is 1.27. The second-order valence-electron chi connectivity index (χ2n) is 2.96. The normalized spacial score (nSPS) is 32.4. The Morgan fingerprint density at radius 3 is 3.00 bits per heavy atom. The predicted molar refractivity (Wildman–Crippen MR) is 49.1 cm³/mol. The van der Waals surface area contributed by atoms with Crippen LogP contribution >= 0.6 is 0 Å². The summed E-state index contributed by atoms with van der Waals surface area (Å²) in [6.45, 7) is 3.58. The summed E-state index contributed by atoms with van der Waals surface area (Å²) in [6.07, 6.45) is 1.45. The van der Waals surface area contributed by atoms with Gasteiger partial charge in [0.1, 0.15) is 17.9 Å². The van der Waals surface area contributed by atoms with Gasteiger partial charge in [-0.3, -0.25) is 0 Å². The van der Waals surface area contributed by atoms with Gasteiger partial charge in [0.05, 0.1) is 0 Å². The SMILES string of the molecule is CC1=NC(C)(N)C2=NC=NC2=N1.